The minimum absolute atomic E-state index is 0.228. The lowest BCUT2D eigenvalue weighted by atomic mass is 9.84. The Labute approximate surface area is 177 Å². The number of nitrogens with one attached hydrogen (secondary N) is 1. The van der Waals surface area contributed by atoms with Crippen molar-refractivity contribution in [3.8, 4) is 0 Å². The fraction of sp³-hybridized carbons (Fsp3) is 0.417. The molecular formula is C24H29FN2O3. The number of hydrogen-bond donors (Lipinski definition) is 1. The van der Waals surface area contributed by atoms with E-state index >= 15 is 4.39 Å². The molecule has 3 rings (SSSR count). The number of carbonyl (C=O) groups excluding carboxylic acids is 2. The summed E-state index contributed by atoms with van der Waals surface area (Å²) in [5.74, 6) is -0.423. The van der Waals surface area contributed by atoms with Gasteiger partial charge in [0.1, 0.15) is 11.6 Å². The molecule has 1 aliphatic rings. The van der Waals surface area contributed by atoms with E-state index in [1.54, 1.807) is 57.2 Å². The van der Waals surface area contributed by atoms with Gasteiger partial charge in [0.2, 0.25) is 5.67 Å². The van der Waals surface area contributed by atoms with E-state index in [1.807, 2.05) is 12.1 Å². The Morgan fingerprint density at radius 2 is 1.63 bits per heavy atom. The Morgan fingerprint density at radius 3 is 2.20 bits per heavy atom. The zero-order valence-corrected chi connectivity index (χ0v) is 18.3. The van der Waals surface area contributed by atoms with E-state index in [9.17, 15) is 9.59 Å². The molecule has 30 heavy (non-hydrogen) atoms. The molecule has 0 saturated carbocycles. The van der Waals surface area contributed by atoms with Crippen molar-refractivity contribution in [2.75, 3.05) is 11.9 Å². The predicted molar refractivity (Wildman–Crippen MR) is 115 cm³/mol. The minimum Gasteiger partial charge on any atom is -0.444 e. The standard InChI is InChI=1S/C24H29FN2O3/c1-15(2)16-11-13-17(14-12-16)20(26-22(29)30-23(3,4)5)24(25)18-9-7-8-10-19(18)27(6)21(24)28/h7-15,20H,1-6H3,(H,26,29)/t20?,24-/m0/s1. The van der Waals surface area contributed by atoms with Crippen molar-refractivity contribution in [2.24, 2.45) is 0 Å². The summed E-state index contributed by atoms with van der Waals surface area (Å²) in [6.07, 6.45) is -0.780. The van der Waals surface area contributed by atoms with Gasteiger partial charge in [-0.1, -0.05) is 56.3 Å². The van der Waals surface area contributed by atoms with Crippen LogP contribution >= 0.6 is 0 Å². The van der Waals surface area contributed by atoms with Crippen molar-refractivity contribution in [1.29, 1.82) is 0 Å². The lowest BCUT2D eigenvalue weighted by Gasteiger charge is -2.31. The second kappa shape index (κ2) is 7.74. The summed E-state index contributed by atoms with van der Waals surface area (Å²) in [4.78, 5) is 27.0. The topological polar surface area (TPSA) is 58.6 Å². The SMILES string of the molecule is CC(C)c1ccc(C(NC(=O)OC(C)(C)C)[C@]2(F)C(=O)N(C)c3ccccc32)cc1. The second-order valence-corrected chi connectivity index (χ2v) is 8.99. The van der Waals surface area contributed by atoms with Gasteiger partial charge in [0.25, 0.3) is 5.91 Å². The number of alkyl halides is 1. The van der Waals surface area contributed by atoms with Gasteiger partial charge in [0, 0.05) is 12.6 Å². The van der Waals surface area contributed by atoms with E-state index in [0.717, 1.165) is 5.56 Å². The first-order valence-electron chi connectivity index (χ1n) is 10.1. The molecule has 2 atom stereocenters. The summed E-state index contributed by atoms with van der Waals surface area (Å²) in [5.41, 5.74) is -0.925. The van der Waals surface area contributed by atoms with Crippen LogP contribution in [0.4, 0.5) is 14.9 Å². The number of fused-ring (bicyclic) bond motifs is 1. The number of rotatable bonds is 4. The Bertz CT molecular complexity index is 950. The van der Waals surface area contributed by atoms with Gasteiger partial charge in [-0.2, -0.15) is 0 Å². The Kier molecular flexibility index (Phi) is 5.63. The van der Waals surface area contributed by atoms with E-state index in [0.29, 0.717) is 17.2 Å². The molecule has 1 unspecified atom stereocenters. The van der Waals surface area contributed by atoms with Crippen molar-refractivity contribution in [3.05, 3.63) is 65.2 Å². The zero-order valence-electron chi connectivity index (χ0n) is 18.3. The maximum absolute atomic E-state index is 16.7. The highest BCUT2D eigenvalue weighted by Gasteiger charge is 2.57. The number of alkyl carbamates (subject to hydrolysis) is 1. The highest BCUT2D eigenvalue weighted by Crippen LogP contribution is 2.49. The fourth-order valence-electron chi connectivity index (χ4n) is 3.73. The minimum atomic E-state index is -2.46. The van der Waals surface area contributed by atoms with Gasteiger partial charge in [-0.15, -0.1) is 0 Å². The largest absolute Gasteiger partial charge is 0.444 e. The second-order valence-electron chi connectivity index (χ2n) is 8.99. The third-order valence-electron chi connectivity index (χ3n) is 5.27. The molecule has 0 aromatic heterocycles. The number of carbonyl (C=O) groups is 2. The lowest BCUT2D eigenvalue weighted by molar-refractivity contribution is -0.131. The summed E-state index contributed by atoms with van der Waals surface area (Å²) in [6, 6.07) is 12.8. The molecule has 0 aliphatic carbocycles. The number of para-hydroxylation sites is 1. The van der Waals surface area contributed by atoms with Gasteiger partial charge < -0.3 is 15.0 Å². The average Bonchev–Trinajstić information content (AvgIpc) is 2.87. The van der Waals surface area contributed by atoms with Crippen molar-refractivity contribution < 1.29 is 18.7 Å². The summed E-state index contributed by atoms with van der Waals surface area (Å²) >= 11 is 0. The van der Waals surface area contributed by atoms with E-state index in [-0.39, 0.29) is 5.56 Å². The van der Waals surface area contributed by atoms with Crippen LogP contribution in [0.15, 0.2) is 48.5 Å². The van der Waals surface area contributed by atoms with Crippen LogP contribution in [-0.2, 0) is 15.2 Å². The molecule has 0 bridgehead atoms. The smallest absolute Gasteiger partial charge is 0.408 e. The monoisotopic (exact) mass is 412 g/mol. The Hall–Kier alpha value is -2.89. The fourth-order valence-corrected chi connectivity index (χ4v) is 3.73. The molecule has 0 saturated heterocycles. The first-order chi connectivity index (χ1) is 13.9. The van der Waals surface area contributed by atoms with Crippen LogP contribution in [0.2, 0.25) is 0 Å². The van der Waals surface area contributed by atoms with Gasteiger partial charge >= 0.3 is 6.09 Å². The molecule has 160 valence electrons. The van der Waals surface area contributed by atoms with Crippen LogP contribution < -0.4 is 10.2 Å². The number of likely N-dealkylation sites (N-methyl/N-ethyl adjacent to an activating group) is 1. The Morgan fingerprint density at radius 1 is 1.07 bits per heavy atom. The number of nitrogens with zero attached hydrogens (tertiary/aromatic N) is 1. The molecule has 2 aromatic carbocycles. The van der Waals surface area contributed by atoms with Gasteiger partial charge in [-0.05, 0) is 43.9 Å². The molecule has 0 spiro atoms. The first-order valence-corrected chi connectivity index (χ1v) is 10.1. The summed E-state index contributed by atoms with van der Waals surface area (Å²) in [5, 5.41) is 2.63. The number of anilines is 1. The van der Waals surface area contributed by atoms with Crippen molar-refractivity contribution >= 4 is 17.7 Å². The normalized spacial score (nSPS) is 19.6. The molecule has 2 aromatic rings. The van der Waals surface area contributed by atoms with Crippen molar-refractivity contribution in [3.63, 3.8) is 0 Å². The molecular weight excluding hydrogens is 383 g/mol. The summed E-state index contributed by atoms with van der Waals surface area (Å²) in [6.45, 7) is 9.32. The van der Waals surface area contributed by atoms with Crippen LogP contribution in [0, 0.1) is 0 Å². The van der Waals surface area contributed by atoms with Gasteiger partial charge in [0.05, 0.1) is 5.69 Å². The number of ether oxygens (including phenoxy) is 1. The summed E-state index contributed by atoms with van der Waals surface area (Å²) in [7, 11) is 1.54. The van der Waals surface area contributed by atoms with E-state index in [4.69, 9.17) is 4.74 Å². The quantitative estimate of drug-likeness (QED) is 0.749. The molecule has 1 N–H and O–H groups in total. The maximum Gasteiger partial charge on any atom is 0.408 e. The van der Waals surface area contributed by atoms with Crippen LogP contribution in [-0.4, -0.2) is 24.6 Å². The van der Waals surface area contributed by atoms with E-state index < -0.39 is 29.3 Å². The van der Waals surface area contributed by atoms with E-state index in [2.05, 4.69) is 19.2 Å². The van der Waals surface area contributed by atoms with Gasteiger partial charge in [-0.25, -0.2) is 9.18 Å². The molecule has 1 aliphatic heterocycles. The maximum atomic E-state index is 16.7. The third kappa shape index (κ3) is 3.91. The van der Waals surface area contributed by atoms with Crippen molar-refractivity contribution in [1.82, 2.24) is 5.32 Å². The van der Waals surface area contributed by atoms with Gasteiger partial charge in [0.15, 0.2) is 0 Å². The van der Waals surface area contributed by atoms with Crippen LogP contribution in [0.5, 0.6) is 0 Å². The molecule has 2 amide bonds. The van der Waals surface area contributed by atoms with Crippen LogP contribution in [0.1, 0.15) is 63.3 Å². The lowest BCUT2D eigenvalue weighted by Crippen LogP contribution is -2.48. The van der Waals surface area contributed by atoms with Crippen molar-refractivity contribution in [2.45, 2.75) is 57.8 Å². The highest BCUT2D eigenvalue weighted by atomic mass is 19.1. The van der Waals surface area contributed by atoms with Crippen LogP contribution in [0.25, 0.3) is 0 Å². The number of benzene rings is 2. The highest BCUT2D eigenvalue weighted by molar-refractivity contribution is 6.07. The van der Waals surface area contributed by atoms with Gasteiger partial charge in [-0.3, -0.25) is 4.79 Å². The average molecular weight is 413 g/mol. The Balaban J connectivity index is 2.09. The summed E-state index contributed by atoms with van der Waals surface area (Å²) < 4.78 is 22.1. The number of amides is 2. The molecule has 1 heterocycles. The number of hydrogen-bond acceptors (Lipinski definition) is 3. The van der Waals surface area contributed by atoms with Crippen LogP contribution in [0.3, 0.4) is 0 Å². The molecule has 0 fully saturated rings. The molecule has 0 radical (unpaired) electrons. The van der Waals surface area contributed by atoms with E-state index in [1.165, 1.54) is 11.9 Å². The molecule has 5 nitrogen and oxygen atoms in total. The zero-order chi connectivity index (χ0) is 22.3. The molecule has 6 heteroatoms. The first kappa shape index (κ1) is 21.8. The third-order valence-corrected chi connectivity index (χ3v) is 5.27. The number of halogens is 1. The predicted octanol–water partition coefficient (Wildman–Crippen LogP) is 5.22.